The first-order chi connectivity index (χ1) is 13.8. The van der Waals surface area contributed by atoms with Gasteiger partial charge in [0.15, 0.2) is 0 Å². The van der Waals surface area contributed by atoms with Gasteiger partial charge in [-0.1, -0.05) is 24.8 Å². The fraction of sp³-hybridized carbons (Fsp3) is 0.300. The Bertz CT molecular complexity index is 937. The van der Waals surface area contributed by atoms with Crippen LogP contribution in [0.3, 0.4) is 0 Å². The number of amides is 2. The highest BCUT2D eigenvalue weighted by Gasteiger charge is 2.58. The van der Waals surface area contributed by atoms with E-state index >= 15 is 0 Å². The average molecular weight is 400 g/mol. The Morgan fingerprint density at radius 2 is 2.14 bits per heavy atom. The first-order valence-electron chi connectivity index (χ1n) is 8.90. The quantitative estimate of drug-likeness (QED) is 0.402. The predicted molar refractivity (Wildman–Crippen MR) is 100 cm³/mol. The molecular weight excluding hydrogens is 380 g/mol. The molecule has 29 heavy (non-hydrogen) atoms. The number of carbonyl (C=O) groups is 4. The molecule has 2 amide bonds. The molecule has 3 rings (SSSR count). The number of primary amides is 1. The van der Waals surface area contributed by atoms with Crippen LogP contribution in [0, 0.1) is 5.92 Å². The van der Waals surface area contributed by atoms with Gasteiger partial charge in [-0.3, -0.25) is 9.59 Å². The molecule has 1 aromatic rings. The molecule has 2 aliphatic heterocycles. The van der Waals surface area contributed by atoms with Gasteiger partial charge in [0, 0.05) is 5.56 Å². The van der Waals surface area contributed by atoms with Crippen LogP contribution in [0.2, 0.25) is 0 Å². The number of carbonyl (C=O) groups excluding carboxylic acids is 3. The van der Waals surface area contributed by atoms with Crippen molar-refractivity contribution in [1.82, 2.24) is 4.90 Å². The molecule has 1 saturated heterocycles. The molecule has 3 N–H and O–H groups in total. The summed E-state index contributed by atoms with van der Waals surface area (Å²) in [6.07, 6.45) is -0.0977. The molecule has 9 heteroatoms. The van der Waals surface area contributed by atoms with Gasteiger partial charge in [0.1, 0.15) is 18.4 Å². The summed E-state index contributed by atoms with van der Waals surface area (Å²) in [7, 11) is 0. The SMILES string of the molecule is C=CCOC(=O)O[C@H](C)[C@H]1C(=O)N2C(C(=O)O)=C(c3cccc(C(N)=O)c3)C[C@H]12. The summed E-state index contributed by atoms with van der Waals surface area (Å²) in [6.45, 7) is 4.96. The van der Waals surface area contributed by atoms with E-state index in [1.807, 2.05) is 0 Å². The van der Waals surface area contributed by atoms with Gasteiger partial charge in [-0.25, -0.2) is 9.59 Å². The van der Waals surface area contributed by atoms with E-state index in [-0.39, 0.29) is 24.3 Å². The number of hydrogen-bond donors (Lipinski definition) is 2. The van der Waals surface area contributed by atoms with E-state index in [1.165, 1.54) is 23.1 Å². The van der Waals surface area contributed by atoms with Crippen molar-refractivity contribution in [2.45, 2.75) is 25.5 Å². The smallest absolute Gasteiger partial charge is 0.477 e. The second-order valence-corrected chi connectivity index (χ2v) is 6.76. The number of aliphatic carboxylic acids is 1. The van der Waals surface area contributed by atoms with E-state index in [2.05, 4.69) is 6.58 Å². The fourth-order valence-electron chi connectivity index (χ4n) is 3.76. The van der Waals surface area contributed by atoms with Crippen LogP contribution in [0.15, 0.2) is 42.6 Å². The van der Waals surface area contributed by atoms with Crippen molar-refractivity contribution >= 4 is 29.5 Å². The van der Waals surface area contributed by atoms with Crippen molar-refractivity contribution in [3.05, 3.63) is 53.7 Å². The molecule has 2 aliphatic rings. The van der Waals surface area contributed by atoms with Gasteiger partial charge in [-0.2, -0.15) is 0 Å². The van der Waals surface area contributed by atoms with Crippen molar-refractivity contribution < 1.29 is 33.8 Å². The highest BCUT2D eigenvalue weighted by molar-refractivity contribution is 6.06. The zero-order valence-electron chi connectivity index (χ0n) is 15.7. The van der Waals surface area contributed by atoms with Crippen LogP contribution in [-0.2, 0) is 19.1 Å². The number of fused-ring (bicyclic) bond motifs is 1. The zero-order valence-corrected chi connectivity index (χ0v) is 15.7. The van der Waals surface area contributed by atoms with Crippen molar-refractivity contribution in [3.8, 4) is 0 Å². The Labute approximate surface area is 166 Å². The summed E-state index contributed by atoms with van der Waals surface area (Å²) < 4.78 is 9.90. The van der Waals surface area contributed by atoms with Gasteiger partial charge in [-0.05, 0) is 36.6 Å². The number of nitrogens with two attached hydrogens (primary N) is 1. The fourth-order valence-corrected chi connectivity index (χ4v) is 3.76. The van der Waals surface area contributed by atoms with Crippen LogP contribution in [0.5, 0.6) is 0 Å². The number of carboxylic acid groups (broad SMARTS) is 1. The third-order valence-corrected chi connectivity index (χ3v) is 5.01. The van der Waals surface area contributed by atoms with Crippen LogP contribution in [-0.4, -0.2) is 52.7 Å². The molecule has 0 unspecified atom stereocenters. The summed E-state index contributed by atoms with van der Waals surface area (Å²) >= 11 is 0. The van der Waals surface area contributed by atoms with E-state index < -0.39 is 42.0 Å². The third kappa shape index (κ3) is 3.58. The highest BCUT2D eigenvalue weighted by Crippen LogP contribution is 2.47. The second-order valence-electron chi connectivity index (χ2n) is 6.76. The molecule has 0 radical (unpaired) electrons. The monoisotopic (exact) mass is 400 g/mol. The summed E-state index contributed by atoms with van der Waals surface area (Å²) in [5, 5.41) is 9.67. The molecule has 0 aliphatic carbocycles. The van der Waals surface area contributed by atoms with Crippen LogP contribution in [0.1, 0.15) is 29.3 Å². The van der Waals surface area contributed by atoms with E-state index in [0.29, 0.717) is 11.1 Å². The van der Waals surface area contributed by atoms with Crippen molar-refractivity contribution in [2.75, 3.05) is 6.61 Å². The number of ether oxygens (including phenoxy) is 2. The predicted octanol–water partition coefficient (Wildman–Crippen LogP) is 1.54. The maximum atomic E-state index is 12.7. The van der Waals surface area contributed by atoms with E-state index in [9.17, 15) is 24.3 Å². The molecule has 152 valence electrons. The molecular formula is C20H20N2O7. The van der Waals surface area contributed by atoms with Crippen LogP contribution < -0.4 is 5.73 Å². The maximum absolute atomic E-state index is 12.7. The van der Waals surface area contributed by atoms with Gasteiger partial charge in [-0.15, -0.1) is 0 Å². The van der Waals surface area contributed by atoms with Crippen LogP contribution in [0.25, 0.3) is 5.57 Å². The molecule has 1 aromatic carbocycles. The van der Waals surface area contributed by atoms with Gasteiger partial charge >= 0.3 is 12.1 Å². The van der Waals surface area contributed by atoms with Gasteiger partial charge in [0.25, 0.3) is 0 Å². The first-order valence-corrected chi connectivity index (χ1v) is 8.90. The topological polar surface area (TPSA) is 136 Å². The number of benzene rings is 1. The number of rotatable bonds is 7. The lowest BCUT2D eigenvalue weighted by Crippen LogP contribution is -2.62. The van der Waals surface area contributed by atoms with Gasteiger partial charge in [0.2, 0.25) is 11.8 Å². The Morgan fingerprint density at radius 3 is 2.76 bits per heavy atom. The van der Waals surface area contributed by atoms with Crippen molar-refractivity contribution in [2.24, 2.45) is 11.7 Å². The molecule has 2 heterocycles. The Balaban J connectivity index is 1.84. The van der Waals surface area contributed by atoms with E-state index in [4.69, 9.17) is 15.2 Å². The summed E-state index contributed by atoms with van der Waals surface area (Å²) in [6, 6.07) is 5.80. The highest BCUT2D eigenvalue weighted by atomic mass is 16.7. The zero-order chi connectivity index (χ0) is 21.3. The Kier molecular flexibility index (Phi) is 5.40. The van der Waals surface area contributed by atoms with Crippen molar-refractivity contribution in [1.29, 1.82) is 0 Å². The summed E-state index contributed by atoms with van der Waals surface area (Å²) in [4.78, 5) is 48.8. The van der Waals surface area contributed by atoms with Gasteiger partial charge in [0.05, 0.1) is 12.0 Å². The lowest BCUT2D eigenvalue weighted by molar-refractivity contribution is -0.162. The standard InChI is InChI=1S/C20H20N2O7/c1-3-7-28-20(27)29-10(2)15-14-9-13(16(19(25)26)22(14)18(15)24)11-5-4-6-12(8-11)17(21)23/h3-6,8,10,14-15H,1,7,9H2,2H3,(H2,21,23)(H,25,26)/t10-,14-,15-/m1/s1. The number of carboxylic acids is 1. The lowest BCUT2D eigenvalue weighted by Gasteiger charge is -2.45. The molecule has 0 saturated carbocycles. The molecule has 1 fully saturated rings. The molecule has 9 nitrogen and oxygen atoms in total. The third-order valence-electron chi connectivity index (χ3n) is 5.01. The molecule has 0 spiro atoms. The van der Waals surface area contributed by atoms with E-state index in [1.54, 1.807) is 19.1 Å². The van der Waals surface area contributed by atoms with Crippen molar-refractivity contribution in [3.63, 3.8) is 0 Å². The van der Waals surface area contributed by atoms with Gasteiger partial charge < -0.3 is 25.2 Å². The molecule has 3 atom stereocenters. The number of β-lactam (4-membered cyclic amide) rings is 1. The average Bonchev–Trinajstić information content (AvgIpc) is 3.01. The number of nitrogens with zero attached hydrogens (tertiary/aromatic N) is 1. The Morgan fingerprint density at radius 1 is 1.41 bits per heavy atom. The second kappa shape index (κ2) is 7.78. The van der Waals surface area contributed by atoms with E-state index in [0.717, 1.165) is 0 Å². The number of hydrogen-bond acceptors (Lipinski definition) is 6. The summed E-state index contributed by atoms with van der Waals surface area (Å²) in [5.74, 6) is -3.03. The summed E-state index contributed by atoms with van der Waals surface area (Å²) in [5.41, 5.74) is 6.32. The minimum absolute atomic E-state index is 0.0230. The van der Waals surface area contributed by atoms with Crippen LogP contribution >= 0.6 is 0 Å². The molecule has 0 aromatic heterocycles. The Hall–Kier alpha value is -3.62. The minimum atomic E-state index is -1.25. The molecule has 0 bridgehead atoms. The minimum Gasteiger partial charge on any atom is -0.477 e. The normalized spacial score (nSPS) is 21.1. The lowest BCUT2D eigenvalue weighted by atomic mass is 9.82. The maximum Gasteiger partial charge on any atom is 0.508 e. The first kappa shape index (κ1) is 20.1. The van der Waals surface area contributed by atoms with Crippen LogP contribution in [0.4, 0.5) is 4.79 Å². The largest absolute Gasteiger partial charge is 0.508 e.